The molecule has 0 aliphatic carbocycles. The molecule has 1 aliphatic rings. The van der Waals surface area contributed by atoms with Gasteiger partial charge in [-0.05, 0) is 12.8 Å². The molecule has 0 saturated carbocycles. The predicted octanol–water partition coefficient (Wildman–Crippen LogP) is 1.22. The Balaban J connectivity index is 1.86. The van der Waals surface area contributed by atoms with Crippen molar-refractivity contribution in [1.29, 1.82) is 0 Å². The van der Waals surface area contributed by atoms with Crippen molar-refractivity contribution in [1.82, 2.24) is 0 Å². The third-order valence-electron chi connectivity index (χ3n) is 2.81. The fourth-order valence-electron chi connectivity index (χ4n) is 1.66. The van der Waals surface area contributed by atoms with E-state index in [1.54, 1.807) is 0 Å². The van der Waals surface area contributed by atoms with Crippen molar-refractivity contribution >= 4 is 0 Å². The maximum absolute atomic E-state index is 9.74. The van der Waals surface area contributed by atoms with Gasteiger partial charge in [0.15, 0.2) is 0 Å². The molecule has 1 heterocycles. The van der Waals surface area contributed by atoms with E-state index in [0.717, 1.165) is 32.5 Å². The molecular formula is C12H24O4. The van der Waals surface area contributed by atoms with E-state index in [4.69, 9.17) is 14.2 Å². The lowest BCUT2D eigenvalue weighted by atomic mass is 10.0. The molecule has 1 fully saturated rings. The molecule has 2 unspecified atom stereocenters. The Kier molecular flexibility index (Phi) is 7.76. The Labute approximate surface area is 97.9 Å². The van der Waals surface area contributed by atoms with E-state index in [-0.39, 0.29) is 5.92 Å². The fourth-order valence-corrected chi connectivity index (χ4v) is 1.66. The van der Waals surface area contributed by atoms with Crippen LogP contribution in [0.3, 0.4) is 0 Å². The zero-order chi connectivity index (χ0) is 11.6. The summed E-state index contributed by atoms with van der Waals surface area (Å²) >= 11 is 0. The van der Waals surface area contributed by atoms with E-state index in [0.29, 0.717) is 26.4 Å². The van der Waals surface area contributed by atoms with E-state index in [2.05, 4.69) is 6.92 Å². The third-order valence-corrected chi connectivity index (χ3v) is 2.81. The maximum Gasteiger partial charge on any atom is 0.0824 e. The van der Waals surface area contributed by atoms with Gasteiger partial charge in [0.25, 0.3) is 0 Å². The molecule has 0 spiro atoms. The molecule has 0 amide bonds. The van der Waals surface area contributed by atoms with Crippen molar-refractivity contribution in [2.75, 3.05) is 39.6 Å². The maximum atomic E-state index is 9.74. The summed E-state index contributed by atoms with van der Waals surface area (Å²) in [5.74, 6) is 0.251. The number of aliphatic hydroxyl groups is 1. The average molecular weight is 232 g/mol. The van der Waals surface area contributed by atoms with Crippen LogP contribution in [-0.2, 0) is 14.2 Å². The highest BCUT2D eigenvalue weighted by molar-refractivity contribution is 4.72. The normalized spacial score (nSPS) is 22.5. The smallest absolute Gasteiger partial charge is 0.0824 e. The molecule has 16 heavy (non-hydrogen) atoms. The van der Waals surface area contributed by atoms with Gasteiger partial charge in [0.05, 0.1) is 32.5 Å². The molecule has 0 aromatic heterocycles. The zero-order valence-electron chi connectivity index (χ0n) is 10.2. The first kappa shape index (κ1) is 13.9. The highest BCUT2D eigenvalue weighted by Crippen LogP contribution is 2.16. The first-order valence-corrected chi connectivity index (χ1v) is 6.26. The van der Waals surface area contributed by atoms with Crippen LogP contribution in [0.1, 0.15) is 26.2 Å². The third kappa shape index (κ3) is 5.80. The van der Waals surface area contributed by atoms with Gasteiger partial charge in [-0.1, -0.05) is 13.3 Å². The van der Waals surface area contributed by atoms with Crippen LogP contribution >= 0.6 is 0 Å². The second-order valence-electron chi connectivity index (χ2n) is 4.23. The number of ether oxygens (including phenoxy) is 3. The molecule has 2 atom stereocenters. The van der Waals surface area contributed by atoms with Crippen molar-refractivity contribution in [3.05, 3.63) is 0 Å². The number of hydrogen-bond acceptors (Lipinski definition) is 4. The van der Waals surface area contributed by atoms with E-state index in [1.807, 2.05) is 0 Å². The van der Waals surface area contributed by atoms with Gasteiger partial charge in [-0.25, -0.2) is 0 Å². The van der Waals surface area contributed by atoms with Crippen molar-refractivity contribution < 1.29 is 19.3 Å². The van der Waals surface area contributed by atoms with E-state index in [9.17, 15) is 5.11 Å². The molecule has 4 heteroatoms. The lowest BCUT2D eigenvalue weighted by molar-refractivity contribution is -0.0184. The van der Waals surface area contributed by atoms with Crippen LogP contribution in [0.5, 0.6) is 0 Å². The van der Waals surface area contributed by atoms with Gasteiger partial charge < -0.3 is 19.3 Å². The SMILES string of the molecule is CCCCOCCOCC(O)C1CCOC1. The van der Waals surface area contributed by atoms with Crippen LogP contribution < -0.4 is 0 Å². The highest BCUT2D eigenvalue weighted by Gasteiger charge is 2.23. The Hall–Kier alpha value is -0.160. The minimum absolute atomic E-state index is 0.251. The number of hydrogen-bond donors (Lipinski definition) is 1. The Bertz CT molecular complexity index is 157. The monoisotopic (exact) mass is 232 g/mol. The first-order valence-electron chi connectivity index (χ1n) is 6.26. The van der Waals surface area contributed by atoms with Gasteiger partial charge in [-0.3, -0.25) is 0 Å². The van der Waals surface area contributed by atoms with E-state index >= 15 is 0 Å². The zero-order valence-corrected chi connectivity index (χ0v) is 10.2. The lowest BCUT2D eigenvalue weighted by Gasteiger charge is -2.16. The van der Waals surface area contributed by atoms with Crippen molar-refractivity contribution in [2.24, 2.45) is 5.92 Å². The quantitative estimate of drug-likeness (QED) is 0.607. The molecule has 4 nitrogen and oxygen atoms in total. The van der Waals surface area contributed by atoms with Crippen LogP contribution in [0.2, 0.25) is 0 Å². The summed E-state index contributed by atoms with van der Waals surface area (Å²) in [4.78, 5) is 0. The summed E-state index contributed by atoms with van der Waals surface area (Å²) in [6.45, 7) is 5.95. The number of aliphatic hydroxyl groups excluding tert-OH is 1. The van der Waals surface area contributed by atoms with Gasteiger partial charge in [-0.2, -0.15) is 0 Å². The van der Waals surface area contributed by atoms with Crippen LogP contribution in [0.15, 0.2) is 0 Å². The van der Waals surface area contributed by atoms with E-state index < -0.39 is 6.10 Å². The summed E-state index contributed by atoms with van der Waals surface area (Å²) in [6, 6.07) is 0. The topological polar surface area (TPSA) is 47.9 Å². The number of unbranched alkanes of at least 4 members (excludes halogenated alkanes) is 1. The Morgan fingerprint density at radius 1 is 1.31 bits per heavy atom. The second kappa shape index (κ2) is 8.93. The van der Waals surface area contributed by atoms with Crippen molar-refractivity contribution in [3.8, 4) is 0 Å². The van der Waals surface area contributed by atoms with E-state index in [1.165, 1.54) is 0 Å². The van der Waals surface area contributed by atoms with Crippen LogP contribution in [0.4, 0.5) is 0 Å². The molecule has 96 valence electrons. The van der Waals surface area contributed by atoms with Crippen LogP contribution in [0, 0.1) is 5.92 Å². The van der Waals surface area contributed by atoms with Crippen LogP contribution in [-0.4, -0.2) is 50.9 Å². The summed E-state index contributed by atoms with van der Waals surface area (Å²) in [5.41, 5.74) is 0. The molecule has 0 bridgehead atoms. The molecule has 0 radical (unpaired) electrons. The minimum atomic E-state index is -0.391. The molecule has 1 aliphatic heterocycles. The van der Waals surface area contributed by atoms with Gasteiger partial charge in [0, 0.05) is 19.1 Å². The average Bonchev–Trinajstić information content (AvgIpc) is 2.81. The van der Waals surface area contributed by atoms with Crippen molar-refractivity contribution in [2.45, 2.75) is 32.3 Å². The Morgan fingerprint density at radius 2 is 2.12 bits per heavy atom. The van der Waals surface area contributed by atoms with Gasteiger partial charge in [0.2, 0.25) is 0 Å². The lowest BCUT2D eigenvalue weighted by Crippen LogP contribution is -2.26. The van der Waals surface area contributed by atoms with Crippen molar-refractivity contribution in [3.63, 3.8) is 0 Å². The summed E-state index contributed by atoms with van der Waals surface area (Å²) < 4.78 is 15.9. The molecular weight excluding hydrogens is 208 g/mol. The molecule has 1 saturated heterocycles. The molecule has 1 N–H and O–H groups in total. The Morgan fingerprint density at radius 3 is 2.81 bits per heavy atom. The highest BCUT2D eigenvalue weighted by atomic mass is 16.5. The largest absolute Gasteiger partial charge is 0.390 e. The van der Waals surface area contributed by atoms with Gasteiger partial charge in [-0.15, -0.1) is 0 Å². The molecule has 1 rings (SSSR count). The first-order chi connectivity index (χ1) is 7.84. The number of rotatable bonds is 9. The minimum Gasteiger partial charge on any atom is -0.390 e. The van der Waals surface area contributed by atoms with Crippen LogP contribution in [0.25, 0.3) is 0 Å². The second-order valence-corrected chi connectivity index (χ2v) is 4.23. The predicted molar refractivity (Wildman–Crippen MR) is 61.5 cm³/mol. The summed E-state index contributed by atoms with van der Waals surface area (Å²) in [6.07, 6.45) is 2.80. The summed E-state index contributed by atoms with van der Waals surface area (Å²) in [5, 5.41) is 9.74. The molecule has 0 aromatic carbocycles. The standard InChI is InChI=1S/C12H24O4/c1-2-3-5-14-7-8-16-10-12(13)11-4-6-15-9-11/h11-13H,2-10H2,1H3. The molecule has 0 aromatic rings. The van der Waals surface area contributed by atoms with Gasteiger partial charge >= 0.3 is 0 Å². The summed E-state index contributed by atoms with van der Waals surface area (Å²) in [7, 11) is 0. The van der Waals surface area contributed by atoms with Gasteiger partial charge in [0.1, 0.15) is 0 Å². The fraction of sp³-hybridized carbons (Fsp3) is 1.00.